The summed E-state index contributed by atoms with van der Waals surface area (Å²) >= 11 is 0. The molecule has 88 valence electrons. The minimum atomic E-state index is -0.103. The molecule has 0 heterocycles. The summed E-state index contributed by atoms with van der Waals surface area (Å²) in [7, 11) is 0. The lowest BCUT2D eigenvalue weighted by Gasteiger charge is -2.20. The molecular weight excluding hydrogens is 201 g/mol. The number of nitrogens with one attached hydrogen (secondary N) is 1. The largest absolute Gasteiger partial charge is 0.307 e. The van der Waals surface area contributed by atoms with Gasteiger partial charge in [0.15, 0.2) is 0 Å². The van der Waals surface area contributed by atoms with Crippen molar-refractivity contribution in [2.24, 2.45) is 5.92 Å². The molecule has 2 unspecified atom stereocenters. The van der Waals surface area contributed by atoms with Crippen LogP contribution in [0.1, 0.15) is 44.7 Å². The van der Waals surface area contributed by atoms with Crippen LogP contribution in [0.5, 0.6) is 0 Å². The monoisotopic (exact) mass is 221 g/mol. The van der Waals surface area contributed by atoms with Gasteiger partial charge in [-0.1, -0.05) is 25.1 Å². The lowest BCUT2D eigenvalue weighted by Crippen LogP contribution is -2.29. The molecule has 1 N–H and O–H groups in total. The number of halogens is 1. The third-order valence-corrected chi connectivity index (χ3v) is 3.55. The van der Waals surface area contributed by atoms with Crippen molar-refractivity contribution in [2.75, 3.05) is 0 Å². The van der Waals surface area contributed by atoms with Gasteiger partial charge in [0.1, 0.15) is 5.82 Å². The molecule has 0 saturated heterocycles. The van der Waals surface area contributed by atoms with Gasteiger partial charge in [-0.25, -0.2) is 4.39 Å². The Bertz CT molecular complexity index is 350. The fourth-order valence-electron chi connectivity index (χ4n) is 2.63. The van der Waals surface area contributed by atoms with E-state index in [0.29, 0.717) is 6.04 Å². The SMILES string of the molecule is CC1CCC(N[C@H](C)c2ccccc2F)C1. The predicted octanol–water partition coefficient (Wildman–Crippen LogP) is 3.66. The summed E-state index contributed by atoms with van der Waals surface area (Å²) in [4.78, 5) is 0. The van der Waals surface area contributed by atoms with Crippen LogP contribution < -0.4 is 5.32 Å². The Morgan fingerprint density at radius 3 is 2.69 bits per heavy atom. The molecule has 16 heavy (non-hydrogen) atoms. The van der Waals surface area contributed by atoms with Crippen molar-refractivity contribution in [1.82, 2.24) is 5.32 Å². The fourth-order valence-corrected chi connectivity index (χ4v) is 2.63. The van der Waals surface area contributed by atoms with Crippen LogP contribution in [0.15, 0.2) is 24.3 Å². The molecule has 1 aromatic rings. The minimum Gasteiger partial charge on any atom is -0.307 e. The zero-order valence-electron chi connectivity index (χ0n) is 10.0. The van der Waals surface area contributed by atoms with Crippen LogP contribution in [0.4, 0.5) is 4.39 Å². The maximum Gasteiger partial charge on any atom is 0.127 e. The van der Waals surface area contributed by atoms with Gasteiger partial charge < -0.3 is 5.32 Å². The van der Waals surface area contributed by atoms with Crippen LogP contribution in [-0.2, 0) is 0 Å². The highest BCUT2D eigenvalue weighted by Gasteiger charge is 2.23. The fraction of sp³-hybridized carbons (Fsp3) is 0.571. The molecule has 2 heteroatoms. The zero-order chi connectivity index (χ0) is 11.5. The van der Waals surface area contributed by atoms with E-state index in [2.05, 4.69) is 12.2 Å². The highest BCUT2D eigenvalue weighted by Crippen LogP contribution is 2.27. The van der Waals surface area contributed by atoms with E-state index in [9.17, 15) is 4.39 Å². The maximum absolute atomic E-state index is 13.6. The van der Waals surface area contributed by atoms with Crippen molar-refractivity contribution in [2.45, 2.75) is 45.2 Å². The van der Waals surface area contributed by atoms with Crippen LogP contribution in [0.2, 0.25) is 0 Å². The highest BCUT2D eigenvalue weighted by molar-refractivity contribution is 5.20. The van der Waals surface area contributed by atoms with E-state index in [1.165, 1.54) is 25.3 Å². The average Bonchev–Trinajstić information content (AvgIpc) is 2.64. The van der Waals surface area contributed by atoms with Crippen LogP contribution in [0.3, 0.4) is 0 Å². The molecule has 3 atom stereocenters. The number of rotatable bonds is 3. The Kier molecular flexibility index (Phi) is 3.59. The predicted molar refractivity (Wildman–Crippen MR) is 64.8 cm³/mol. The van der Waals surface area contributed by atoms with Gasteiger partial charge >= 0.3 is 0 Å². The Labute approximate surface area is 97.1 Å². The average molecular weight is 221 g/mol. The Morgan fingerprint density at radius 1 is 1.31 bits per heavy atom. The van der Waals surface area contributed by atoms with E-state index in [4.69, 9.17) is 0 Å². The van der Waals surface area contributed by atoms with Crippen LogP contribution in [-0.4, -0.2) is 6.04 Å². The first-order valence-corrected chi connectivity index (χ1v) is 6.17. The zero-order valence-corrected chi connectivity index (χ0v) is 10.0. The molecule has 1 aliphatic carbocycles. The molecule has 0 amide bonds. The summed E-state index contributed by atoms with van der Waals surface area (Å²) < 4.78 is 13.6. The van der Waals surface area contributed by atoms with Crippen molar-refractivity contribution in [3.05, 3.63) is 35.6 Å². The quantitative estimate of drug-likeness (QED) is 0.821. The van der Waals surface area contributed by atoms with Gasteiger partial charge in [0.2, 0.25) is 0 Å². The van der Waals surface area contributed by atoms with Crippen LogP contribution >= 0.6 is 0 Å². The van der Waals surface area contributed by atoms with E-state index in [-0.39, 0.29) is 11.9 Å². The van der Waals surface area contributed by atoms with Gasteiger partial charge in [-0.15, -0.1) is 0 Å². The van der Waals surface area contributed by atoms with E-state index in [1.54, 1.807) is 6.07 Å². The van der Waals surface area contributed by atoms with E-state index >= 15 is 0 Å². The molecular formula is C14H20FN. The molecule has 0 aromatic heterocycles. The molecule has 1 aromatic carbocycles. The van der Waals surface area contributed by atoms with Gasteiger partial charge in [0.25, 0.3) is 0 Å². The standard InChI is InChI=1S/C14H20FN/c1-10-7-8-12(9-10)16-11(2)13-5-3-4-6-14(13)15/h3-6,10-12,16H,7-9H2,1-2H3/t10?,11-,12?/m1/s1. The van der Waals surface area contributed by atoms with Crippen molar-refractivity contribution >= 4 is 0 Å². The van der Waals surface area contributed by atoms with E-state index < -0.39 is 0 Å². The summed E-state index contributed by atoms with van der Waals surface area (Å²) in [5.41, 5.74) is 0.780. The summed E-state index contributed by atoms with van der Waals surface area (Å²) in [5, 5.41) is 3.53. The van der Waals surface area contributed by atoms with Crippen molar-refractivity contribution in [1.29, 1.82) is 0 Å². The Hall–Kier alpha value is -0.890. The van der Waals surface area contributed by atoms with Gasteiger partial charge in [-0.2, -0.15) is 0 Å². The third-order valence-electron chi connectivity index (χ3n) is 3.55. The molecule has 1 fully saturated rings. The van der Waals surface area contributed by atoms with Crippen molar-refractivity contribution in [3.8, 4) is 0 Å². The van der Waals surface area contributed by atoms with Crippen LogP contribution in [0, 0.1) is 11.7 Å². The van der Waals surface area contributed by atoms with Gasteiger partial charge in [0, 0.05) is 17.6 Å². The lowest BCUT2D eigenvalue weighted by atomic mass is 10.1. The van der Waals surface area contributed by atoms with Crippen molar-refractivity contribution in [3.63, 3.8) is 0 Å². The normalized spacial score (nSPS) is 26.9. The Morgan fingerprint density at radius 2 is 2.06 bits per heavy atom. The lowest BCUT2D eigenvalue weighted by molar-refractivity contribution is 0.437. The van der Waals surface area contributed by atoms with Crippen molar-refractivity contribution < 1.29 is 4.39 Å². The van der Waals surface area contributed by atoms with E-state index in [1.807, 2.05) is 19.1 Å². The molecule has 0 aliphatic heterocycles. The topological polar surface area (TPSA) is 12.0 Å². The van der Waals surface area contributed by atoms with Gasteiger partial charge in [0.05, 0.1) is 0 Å². The highest BCUT2D eigenvalue weighted by atomic mass is 19.1. The summed E-state index contributed by atoms with van der Waals surface area (Å²) in [6.45, 7) is 4.33. The van der Waals surface area contributed by atoms with E-state index in [0.717, 1.165) is 11.5 Å². The number of hydrogen-bond donors (Lipinski definition) is 1. The van der Waals surface area contributed by atoms with Gasteiger partial charge in [-0.3, -0.25) is 0 Å². The first-order valence-electron chi connectivity index (χ1n) is 6.17. The third kappa shape index (κ3) is 2.62. The second kappa shape index (κ2) is 4.96. The molecule has 0 radical (unpaired) electrons. The first-order chi connectivity index (χ1) is 7.66. The summed E-state index contributed by atoms with van der Waals surface area (Å²) in [5.74, 6) is 0.707. The van der Waals surface area contributed by atoms with Crippen LogP contribution in [0.25, 0.3) is 0 Å². The molecule has 1 nitrogen and oxygen atoms in total. The molecule has 0 bridgehead atoms. The molecule has 0 spiro atoms. The minimum absolute atomic E-state index is 0.103. The Balaban J connectivity index is 1.98. The molecule has 1 aliphatic rings. The second-order valence-corrected chi connectivity index (χ2v) is 5.03. The second-order valence-electron chi connectivity index (χ2n) is 5.03. The maximum atomic E-state index is 13.6. The van der Waals surface area contributed by atoms with Gasteiger partial charge in [-0.05, 0) is 38.2 Å². The first kappa shape index (κ1) is 11.6. The molecule has 1 saturated carbocycles. The molecule has 2 rings (SSSR count). The summed E-state index contributed by atoms with van der Waals surface area (Å²) in [6, 6.07) is 7.70. The number of benzene rings is 1. The summed E-state index contributed by atoms with van der Waals surface area (Å²) in [6.07, 6.45) is 3.74. The number of hydrogen-bond acceptors (Lipinski definition) is 1. The smallest absolute Gasteiger partial charge is 0.127 e.